The summed E-state index contributed by atoms with van der Waals surface area (Å²) in [5.41, 5.74) is 10.9. The quantitative estimate of drug-likeness (QED) is 0.524. The first-order valence-electron chi connectivity index (χ1n) is 7.20. The standard InChI is InChI=1S/C18H17N3/c19-9-14(15-10-20-17-7-3-1-5-12(15)17)16-11-21-18-8-4-2-6-13(16)18/h1-8,10-11,14,20-21H,9,19H2. The van der Waals surface area contributed by atoms with Crippen molar-refractivity contribution in [1.82, 2.24) is 9.97 Å². The number of hydrogen-bond acceptors (Lipinski definition) is 1. The molecule has 4 N–H and O–H groups in total. The van der Waals surface area contributed by atoms with E-state index < -0.39 is 0 Å². The molecule has 0 radical (unpaired) electrons. The van der Waals surface area contributed by atoms with E-state index in [1.54, 1.807) is 0 Å². The summed E-state index contributed by atoms with van der Waals surface area (Å²) in [6, 6.07) is 16.7. The highest BCUT2D eigenvalue weighted by atomic mass is 14.7. The summed E-state index contributed by atoms with van der Waals surface area (Å²) in [5, 5.41) is 2.50. The number of nitrogens with two attached hydrogens (primary N) is 1. The zero-order chi connectivity index (χ0) is 14.2. The largest absolute Gasteiger partial charge is 0.361 e. The lowest BCUT2D eigenvalue weighted by atomic mass is 9.91. The van der Waals surface area contributed by atoms with E-state index in [9.17, 15) is 0 Å². The van der Waals surface area contributed by atoms with Gasteiger partial charge in [0.15, 0.2) is 0 Å². The molecule has 3 nitrogen and oxygen atoms in total. The molecule has 0 amide bonds. The molecule has 0 atom stereocenters. The van der Waals surface area contributed by atoms with Gasteiger partial charge in [-0.2, -0.15) is 0 Å². The molecule has 104 valence electrons. The van der Waals surface area contributed by atoms with Crippen molar-refractivity contribution in [3.63, 3.8) is 0 Å². The number of aromatic amines is 2. The van der Waals surface area contributed by atoms with Crippen molar-refractivity contribution in [2.75, 3.05) is 6.54 Å². The molecule has 0 aliphatic heterocycles. The van der Waals surface area contributed by atoms with Crippen molar-refractivity contribution in [2.45, 2.75) is 5.92 Å². The summed E-state index contributed by atoms with van der Waals surface area (Å²) in [4.78, 5) is 6.69. The van der Waals surface area contributed by atoms with Gasteiger partial charge in [-0.1, -0.05) is 36.4 Å². The van der Waals surface area contributed by atoms with Crippen LogP contribution in [-0.4, -0.2) is 16.5 Å². The normalized spacial score (nSPS) is 11.7. The maximum atomic E-state index is 6.11. The number of H-pyrrole nitrogens is 2. The highest BCUT2D eigenvalue weighted by molar-refractivity contribution is 5.88. The van der Waals surface area contributed by atoms with Gasteiger partial charge in [0.2, 0.25) is 0 Å². The van der Waals surface area contributed by atoms with E-state index in [4.69, 9.17) is 5.73 Å². The fourth-order valence-electron chi connectivity index (χ4n) is 3.19. The summed E-state index contributed by atoms with van der Waals surface area (Å²) in [6.45, 7) is 0.587. The highest BCUT2D eigenvalue weighted by Crippen LogP contribution is 2.33. The van der Waals surface area contributed by atoms with Gasteiger partial charge in [-0.3, -0.25) is 0 Å². The van der Waals surface area contributed by atoms with Crippen LogP contribution in [0.3, 0.4) is 0 Å². The zero-order valence-electron chi connectivity index (χ0n) is 11.6. The Morgan fingerprint density at radius 2 is 1.24 bits per heavy atom. The van der Waals surface area contributed by atoms with Gasteiger partial charge in [0.1, 0.15) is 0 Å². The minimum atomic E-state index is 0.192. The summed E-state index contributed by atoms with van der Waals surface area (Å²) < 4.78 is 0. The highest BCUT2D eigenvalue weighted by Gasteiger charge is 2.19. The minimum absolute atomic E-state index is 0.192. The molecule has 2 aromatic heterocycles. The van der Waals surface area contributed by atoms with Crippen LogP contribution in [0.15, 0.2) is 60.9 Å². The molecule has 0 fully saturated rings. The number of fused-ring (bicyclic) bond motifs is 2. The third-order valence-electron chi connectivity index (χ3n) is 4.23. The van der Waals surface area contributed by atoms with Crippen LogP contribution >= 0.6 is 0 Å². The predicted octanol–water partition coefficient (Wildman–Crippen LogP) is 3.74. The Kier molecular flexibility index (Phi) is 2.79. The van der Waals surface area contributed by atoms with Crippen molar-refractivity contribution in [2.24, 2.45) is 5.73 Å². The molecule has 21 heavy (non-hydrogen) atoms. The number of rotatable bonds is 3. The Balaban J connectivity index is 1.92. The van der Waals surface area contributed by atoms with E-state index >= 15 is 0 Å². The Bertz CT molecular complexity index is 827. The molecule has 0 aliphatic carbocycles. The smallest absolute Gasteiger partial charge is 0.0457 e. The predicted molar refractivity (Wildman–Crippen MR) is 87.5 cm³/mol. The van der Waals surface area contributed by atoms with Crippen LogP contribution in [0.2, 0.25) is 0 Å². The van der Waals surface area contributed by atoms with Gasteiger partial charge in [0, 0.05) is 46.7 Å². The van der Waals surface area contributed by atoms with E-state index in [-0.39, 0.29) is 5.92 Å². The molecule has 2 aromatic carbocycles. The first-order chi connectivity index (χ1) is 10.4. The van der Waals surface area contributed by atoms with Gasteiger partial charge in [0.05, 0.1) is 0 Å². The van der Waals surface area contributed by atoms with E-state index in [1.165, 1.54) is 21.9 Å². The second kappa shape index (κ2) is 4.79. The maximum Gasteiger partial charge on any atom is 0.0457 e. The molecule has 2 heterocycles. The lowest BCUT2D eigenvalue weighted by Crippen LogP contribution is -2.13. The molecule has 3 heteroatoms. The summed E-state index contributed by atoms with van der Waals surface area (Å²) in [7, 11) is 0. The first-order valence-corrected chi connectivity index (χ1v) is 7.20. The second-order valence-electron chi connectivity index (χ2n) is 5.37. The third-order valence-corrected chi connectivity index (χ3v) is 4.23. The van der Waals surface area contributed by atoms with Crippen molar-refractivity contribution in [3.05, 3.63) is 72.1 Å². The summed E-state index contributed by atoms with van der Waals surface area (Å²) in [6.07, 6.45) is 4.17. The lowest BCUT2D eigenvalue weighted by Gasteiger charge is -2.13. The van der Waals surface area contributed by atoms with Gasteiger partial charge in [0.25, 0.3) is 0 Å². The van der Waals surface area contributed by atoms with Crippen LogP contribution in [0, 0.1) is 0 Å². The molecule has 0 unspecified atom stereocenters. The van der Waals surface area contributed by atoms with Crippen LogP contribution in [0.4, 0.5) is 0 Å². The SMILES string of the molecule is NCC(c1c[nH]c2ccccc12)c1c[nH]c2ccccc12. The van der Waals surface area contributed by atoms with Crippen molar-refractivity contribution >= 4 is 21.8 Å². The molecule has 0 saturated carbocycles. The number of hydrogen-bond donors (Lipinski definition) is 3. The van der Waals surface area contributed by atoms with E-state index in [0.29, 0.717) is 6.54 Å². The average Bonchev–Trinajstić information content (AvgIpc) is 3.14. The third kappa shape index (κ3) is 1.86. The Morgan fingerprint density at radius 3 is 1.71 bits per heavy atom. The number of para-hydroxylation sites is 2. The van der Waals surface area contributed by atoms with Crippen LogP contribution in [-0.2, 0) is 0 Å². The topological polar surface area (TPSA) is 57.6 Å². The summed E-state index contributed by atoms with van der Waals surface area (Å²) >= 11 is 0. The van der Waals surface area contributed by atoms with Crippen LogP contribution < -0.4 is 5.73 Å². The zero-order valence-corrected chi connectivity index (χ0v) is 11.6. The van der Waals surface area contributed by atoms with Gasteiger partial charge in [-0.25, -0.2) is 0 Å². The Labute approximate surface area is 122 Å². The molecule has 0 spiro atoms. The molecule has 4 aromatic rings. The van der Waals surface area contributed by atoms with Crippen molar-refractivity contribution in [1.29, 1.82) is 0 Å². The summed E-state index contributed by atoms with van der Waals surface area (Å²) in [5.74, 6) is 0.192. The van der Waals surface area contributed by atoms with E-state index in [2.05, 4.69) is 58.8 Å². The number of benzene rings is 2. The van der Waals surface area contributed by atoms with Gasteiger partial charge < -0.3 is 15.7 Å². The maximum absolute atomic E-state index is 6.11. The Morgan fingerprint density at radius 1 is 0.762 bits per heavy atom. The molecule has 0 bridgehead atoms. The first kappa shape index (κ1) is 12.2. The van der Waals surface area contributed by atoms with Gasteiger partial charge in [-0.05, 0) is 23.3 Å². The van der Waals surface area contributed by atoms with Crippen LogP contribution in [0.5, 0.6) is 0 Å². The van der Waals surface area contributed by atoms with E-state index in [0.717, 1.165) is 11.0 Å². The van der Waals surface area contributed by atoms with Crippen LogP contribution in [0.1, 0.15) is 17.0 Å². The van der Waals surface area contributed by atoms with Gasteiger partial charge in [-0.15, -0.1) is 0 Å². The second-order valence-corrected chi connectivity index (χ2v) is 5.37. The molecule has 0 saturated heterocycles. The molecular formula is C18H17N3. The monoisotopic (exact) mass is 275 g/mol. The minimum Gasteiger partial charge on any atom is -0.361 e. The van der Waals surface area contributed by atoms with E-state index in [1.807, 2.05) is 12.1 Å². The average molecular weight is 275 g/mol. The van der Waals surface area contributed by atoms with Crippen molar-refractivity contribution < 1.29 is 0 Å². The van der Waals surface area contributed by atoms with Crippen LogP contribution in [0.25, 0.3) is 21.8 Å². The fraction of sp³-hybridized carbons (Fsp3) is 0.111. The fourth-order valence-corrected chi connectivity index (χ4v) is 3.19. The molecule has 0 aliphatic rings. The van der Waals surface area contributed by atoms with Gasteiger partial charge >= 0.3 is 0 Å². The number of aromatic nitrogens is 2. The lowest BCUT2D eigenvalue weighted by molar-refractivity contribution is 0.832. The molecule has 4 rings (SSSR count). The molecular weight excluding hydrogens is 258 g/mol. The Hall–Kier alpha value is -2.52. The number of nitrogens with one attached hydrogen (secondary N) is 2. The van der Waals surface area contributed by atoms with Crippen molar-refractivity contribution in [3.8, 4) is 0 Å².